The average Bonchev–Trinajstić information content (AvgIpc) is 2.69. The van der Waals surface area contributed by atoms with Gasteiger partial charge in [0, 0.05) is 5.56 Å². The van der Waals surface area contributed by atoms with Crippen molar-refractivity contribution in [2.24, 2.45) is 11.8 Å². The van der Waals surface area contributed by atoms with E-state index < -0.39 is 0 Å². The van der Waals surface area contributed by atoms with Gasteiger partial charge in [-0.2, -0.15) is 10.2 Å². The van der Waals surface area contributed by atoms with Crippen LogP contribution in [0.1, 0.15) is 76.5 Å². The first-order valence-electron chi connectivity index (χ1n) is 10.8. The predicted octanol–water partition coefficient (Wildman–Crippen LogP) is 6.77. The zero-order valence-corrected chi connectivity index (χ0v) is 16.9. The number of aryl methyl sites for hydroxylation is 2. The van der Waals surface area contributed by atoms with Gasteiger partial charge in [0.15, 0.2) is 0 Å². The zero-order chi connectivity index (χ0) is 19.1. The molecular formula is C24H33FN2. The van der Waals surface area contributed by atoms with E-state index in [1.807, 2.05) is 18.2 Å². The molecule has 1 heterocycles. The Kier molecular flexibility index (Phi) is 7.37. The van der Waals surface area contributed by atoms with E-state index in [0.717, 1.165) is 66.5 Å². The number of unbranched alkanes of at least 4 members (excludes halogenated alkanes) is 2. The summed E-state index contributed by atoms with van der Waals surface area (Å²) in [6, 6.07) is 9.52. The van der Waals surface area contributed by atoms with Crippen molar-refractivity contribution in [1.82, 2.24) is 10.2 Å². The first-order valence-corrected chi connectivity index (χ1v) is 10.8. The third-order valence-corrected chi connectivity index (χ3v) is 6.06. The summed E-state index contributed by atoms with van der Waals surface area (Å²) in [7, 11) is 0. The second-order valence-corrected chi connectivity index (χ2v) is 8.34. The molecule has 0 saturated heterocycles. The molecule has 1 aromatic heterocycles. The lowest BCUT2D eigenvalue weighted by Gasteiger charge is -2.25. The van der Waals surface area contributed by atoms with Gasteiger partial charge in [-0.25, -0.2) is 4.39 Å². The minimum atomic E-state index is -0.124. The fourth-order valence-corrected chi connectivity index (χ4v) is 4.09. The van der Waals surface area contributed by atoms with Crippen LogP contribution in [0, 0.1) is 17.7 Å². The highest BCUT2D eigenvalue weighted by atomic mass is 19.1. The molecule has 1 saturated carbocycles. The molecule has 27 heavy (non-hydrogen) atoms. The Bertz CT molecular complexity index is 703. The van der Waals surface area contributed by atoms with E-state index in [1.54, 1.807) is 6.07 Å². The summed E-state index contributed by atoms with van der Waals surface area (Å²) < 4.78 is 14.3. The highest BCUT2D eigenvalue weighted by Gasteiger charge is 2.18. The van der Waals surface area contributed by atoms with Gasteiger partial charge >= 0.3 is 0 Å². The van der Waals surface area contributed by atoms with Crippen LogP contribution < -0.4 is 0 Å². The molecule has 1 aromatic carbocycles. The van der Waals surface area contributed by atoms with Gasteiger partial charge in [-0.3, -0.25) is 0 Å². The van der Waals surface area contributed by atoms with Crippen LogP contribution in [0.15, 0.2) is 30.3 Å². The summed E-state index contributed by atoms with van der Waals surface area (Å²) in [4.78, 5) is 0. The van der Waals surface area contributed by atoms with Crippen LogP contribution in [0.3, 0.4) is 0 Å². The van der Waals surface area contributed by atoms with Crippen molar-refractivity contribution < 1.29 is 4.39 Å². The van der Waals surface area contributed by atoms with Crippen LogP contribution in [0.4, 0.5) is 4.39 Å². The molecule has 1 aliphatic carbocycles. The van der Waals surface area contributed by atoms with Gasteiger partial charge in [0.1, 0.15) is 5.82 Å². The topological polar surface area (TPSA) is 25.8 Å². The number of aromatic nitrogens is 2. The maximum atomic E-state index is 14.3. The molecule has 0 spiro atoms. The minimum Gasteiger partial charge on any atom is -0.207 e. The van der Waals surface area contributed by atoms with Gasteiger partial charge in [0.25, 0.3) is 0 Å². The maximum Gasteiger partial charge on any atom is 0.127 e. The smallest absolute Gasteiger partial charge is 0.127 e. The summed E-state index contributed by atoms with van der Waals surface area (Å²) in [5.41, 5.74) is 3.42. The van der Waals surface area contributed by atoms with Crippen LogP contribution in [0.5, 0.6) is 0 Å². The number of benzene rings is 1. The fraction of sp³-hybridized carbons (Fsp3) is 0.583. The van der Waals surface area contributed by atoms with Crippen molar-refractivity contribution in [2.45, 2.75) is 78.1 Å². The number of rotatable bonds is 8. The van der Waals surface area contributed by atoms with Crippen molar-refractivity contribution in [3.05, 3.63) is 47.4 Å². The molecule has 0 N–H and O–H groups in total. The Hall–Kier alpha value is -1.77. The van der Waals surface area contributed by atoms with Crippen LogP contribution in [-0.4, -0.2) is 10.2 Å². The Morgan fingerprint density at radius 3 is 2.44 bits per heavy atom. The van der Waals surface area contributed by atoms with E-state index in [4.69, 9.17) is 0 Å². The minimum absolute atomic E-state index is 0.124. The molecular weight excluding hydrogens is 335 g/mol. The molecule has 1 aliphatic rings. The summed E-state index contributed by atoms with van der Waals surface area (Å²) in [5, 5.41) is 8.75. The SMILES string of the molecule is CCCCCc1ccc(-c2ccc(CCC3CCC(C)CC3)nn2)cc1F. The summed E-state index contributed by atoms with van der Waals surface area (Å²) >= 11 is 0. The van der Waals surface area contributed by atoms with Gasteiger partial charge in [-0.15, -0.1) is 0 Å². The molecule has 0 radical (unpaired) electrons. The Labute approximate surface area is 163 Å². The molecule has 0 unspecified atom stereocenters. The number of halogens is 1. The second kappa shape index (κ2) is 9.96. The number of hydrogen-bond acceptors (Lipinski definition) is 2. The van der Waals surface area contributed by atoms with Crippen LogP contribution >= 0.6 is 0 Å². The van der Waals surface area contributed by atoms with Gasteiger partial charge in [0.05, 0.1) is 11.4 Å². The number of nitrogens with zero attached hydrogens (tertiary/aromatic N) is 2. The van der Waals surface area contributed by atoms with E-state index in [1.165, 1.54) is 32.1 Å². The van der Waals surface area contributed by atoms with E-state index in [9.17, 15) is 4.39 Å². The molecule has 1 fully saturated rings. The second-order valence-electron chi connectivity index (χ2n) is 8.34. The molecule has 0 amide bonds. The van der Waals surface area contributed by atoms with Crippen LogP contribution in [0.2, 0.25) is 0 Å². The predicted molar refractivity (Wildman–Crippen MR) is 110 cm³/mol. The zero-order valence-electron chi connectivity index (χ0n) is 16.9. The van der Waals surface area contributed by atoms with Crippen molar-refractivity contribution in [1.29, 1.82) is 0 Å². The largest absolute Gasteiger partial charge is 0.207 e. The van der Waals surface area contributed by atoms with Crippen molar-refractivity contribution in [3.8, 4) is 11.3 Å². The third kappa shape index (κ3) is 5.85. The van der Waals surface area contributed by atoms with E-state index in [-0.39, 0.29) is 5.82 Å². The van der Waals surface area contributed by atoms with Crippen molar-refractivity contribution >= 4 is 0 Å². The molecule has 146 valence electrons. The highest BCUT2D eigenvalue weighted by molar-refractivity contribution is 5.59. The van der Waals surface area contributed by atoms with E-state index in [2.05, 4.69) is 30.1 Å². The van der Waals surface area contributed by atoms with E-state index in [0.29, 0.717) is 0 Å². The Balaban J connectivity index is 1.55. The first-order chi connectivity index (χ1) is 13.2. The summed E-state index contributed by atoms with van der Waals surface area (Å²) in [5.74, 6) is 1.62. The van der Waals surface area contributed by atoms with Gasteiger partial charge < -0.3 is 0 Å². The highest BCUT2D eigenvalue weighted by Crippen LogP contribution is 2.31. The van der Waals surface area contributed by atoms with Gasteiger partial charge in [-0.1, -0.05) is 64.5 Å². The van der Waals surface area contributed by atoms with Crippen LogP contribution in [0.25, 0.3) is 11.3 Å². The molecule has 0 aliphatic heterocycles. The lowest BCUT2D eigenvalue weighted by atomic mass is 9.81. The quantitative estimate of drug-likeness (QED) is 0.480. The summed E-state index contributed by atoms with van der Waals surface area (Å²) in [6.07, 6.45) is 11.8. The first kappa shape index (κ1) is 20.0. The molecule has 0 bridgehead atoms. The monoisotopic (exact) mass is 368 g/mol. The lowest BCUT2D eigenvalue weighted by Crippen LogP contribution is -2.13. The molecule has 2 aromatic rings. The fourth-order valence-electron chi connectivity index (χ4n) is 4.09. The van der Waals surface area contributed by atoms with Gasteiger partial charge in [-0.05, 0) is 61.3 Å². The Morgan fingerprint density at radius 2 is 1.78 bits per heavy atom. The van der Waals surface area contributed by atoms with Gasteiger partial charge in [0.2, 0.25) is 0 Å². The van der Waals surface area contributed by atoms with Crippen molar-refractivity contribution in [2.75, 3.05) is 0 Å². The van der Waals surface area contributed by atoms with Crippen molar-refractivity contribution in [3.63, 3.8) is 0 Å². The Morgan fingerprint density at radius 1 is 0.963 bits per heavy atom. The third-order valence-electron chi connectivity index (χ3n) is 6.06. The normalized spacial score (nSPS) is 20.0. The standard InChI is InChI=1S/C24H33FN2/c1-3-4-5-6-20-12-13-21(17-23(20)25)24-16-15-22(26-27-24)14-11-19-9-7-18(2)8-10-19/h12-13,15-19H,3-11,14H2,1-2H3. The molecule has 3 heteroatoms. The lowest BCUT2D eigenvalue weighted by molar-refractivity contribution is 0.277. The average molecular weight is 369 g/mol. The van der Waals surface area contributed by atoms with Crippen LogP contribution in [-0.2, 0) is 12.8 Å². The molecule has 0 atom stereocenters. The van der Waals surface area contributed by atoms with E-state index >= 15 is 0 Å². The number of hydrogen-bond donors (Lipinski definition) is 0. The summed E-state index contributed by atoms with van der Waals surface area (Å²) in [6.45, 7) is 4.53. The maximum absolute atomic E-state index is 14.3. The molecule has 2 nitrogen and oxygen atoms in total. The molecule has 3 rings (SSSR count).